The van der Waals surface area contributed by atoms with Crippen LogP contribution in [0.2, 0.25) is 0 Å². The summed E-state index contributed by atoms with van der Waals surface area (Å²) in [5, 5.41) is 10.8. The van der Waals surface area contributed by atoms with Crippen molar-refractivity contribution >= 4 is 27.6 Å². The Morgan fingerprint density at radius 2 is 2.16 bits per heavy atom. The zero-order valence-corrected chi connectivity index (χ0v) is 12.3. The molecule has 1 aromatic heterocycles. The molecular formula is C11H13BrN2O5. The number of nitro groups is 1. The first-order valence-electron chi connectivity index (χ1n) is 5.32. The summed E-state index contributed by atoms with van der Waals surface area (Å²) in [4.78, 5) is 33.6. The van der Waals surface area contributed by atoms with E-state index in [9.17, 15) is 19.7 Å². The number of aromatic nitrogens is 1. The molecule has 19 heavy (non-hydrogen) atoms. The van der Waals surface area contributed by atoms with E-state index < -0.39 is 21.9 Å². The number of hydrogen-bond acceptors (Lipinski definition) is 5. The van der Waals surface area contributed by atoms with Crippen molar-refractivity contribution in [3.8, 4) is 0 Å². The molecule has 7 nitrogen and oxygen atoms in total. The number of rotatable bonds is 4. The first kappa shape index (κ1) is 15.4. The Bertz CT molecular complexity index is 579. The maximum atomic E-state index is 11.9. The average Bonchev–Trinajstić information content (AvgIpc) is 2.32. The monoisotopic (exact) mass is 332 g/mol. The standard InChI is InChI=1S/C11H13BrN2O5/c1-11(2,10(16)19-3)6-13-5-7(14(17)18)4-8(12)9(13)15/h4-5H,6H2,1-3H3. The highest BCUT2D eigenvalue weighted by Gasteiger charge is 2.30. The SMILES string of the molecule is COC(=O)C(C)(C)Cn1cc([N+](=O)[O-])cc(Br)c1=O. The van der Waals surface area contributed by atoms with Crippen LogP contribution in [0.3, 0.4) is 0 Å². The number of carbonyl (C=O) groups excluding carboxylic acids is 1. The summed E-state index contributed by atoms with van der Waals surface area (Å²) < 4.78 is 5.83. The van der Waals surface area contributed by atoms with Gasteiger partial charge in [-0.05, 0) is 29.8 Å². The van der Waals surface area contributed by atoms with E-state index in [4.69, 9.17) is 0 Å². The molecule has 0 bridgehead atoms. The number of pyridine rings is 1. The van der Waals surface area contributed by atoms with Crippen molar-refractivity contribution in [2.75, 3.05) is 7.11 Å². The lowest BCUT2D eigenvalue weighted by Crippen LogP contribution is -2.35. The van der Waals surface area contributed by atoms with Gasteiger partial charge in [0.15, 0.2) is 0 Å². The van der Waals surface area contributed by atoms with E-state index in [2.05, 4.69) is 20.7 Å². The Kier molecular flexibility index (Phi) is 4.46. The lowest BCUT2D eigenvalue weighted by molar-refractivity contribution is -0.385. The largest absolute Gasteiger partial charge is 0.469 e. The molecule has 0 radical (unpaired) electrons. The Hall–Kier alpha value is -1.70. The molecule has 0 saturated heterocycles. The minimum Gasteiger partial charge on any atom is -0.469 e. The molecule has 0 aromatic carbocycles. The van der Waals surface area contributed by atoms with E-state index in [1.54, 1.807) is 13.8 Å². The summed E-state index contributed by atoms with van der Waals surface area (Å²) in [7, 11) is 1.25. The Labute approximate surface area is 117 Å². The second-order valence-corrected chi connectivity index (χ2v) is 5.47. The fraction of sp³-hybridized carbons (Fsp3) is 0.455. The highest BCUT2D eigenvalue weighted by atomic mass is 79.9. The van der Waals surface area contributed by atoms with Gasteiger partial charge in [0, 0.05) is 12.6 Å². The summed E-state index contributed by atoms with van der Waals surface area (Å²) in [5.41, 5.74) is -1.64. The lowest BCUT2D eigenvalue weighted by atomic mass is 9.93. The zero-order valence-electron chi connectivity index (χ0n) is 10.7. The van der Waals surface area contributed by atoms with Crippen molar-refractivity contribution in [1.29, 1.82) is 0 Å². The van der Waals surface area contributed by atoms with Crippen molar-refractivity contribution in [1.82, 2.24) is 4.57 Å². The first-order chi connectivity index (χ1) is 8.69. The van der Waals surface area contributed by atoms with Gasteiger partial charge >= 0.3 is 5.97 Å². The Morgan fingerprint density at radius 3 is 2.63 bits per heavy atom. The smallest absolute Gasteiger partial charge is 0.313 e. The number of ether oxygens (including phenoxy) is 1. The Morgan fingerprint density at radius 1 is 1.58 bits per heavy atom. The predicted octanol–water partition coefficient (Wildman–Crippen LogP) is 1.72. The van der Waals surface area contributed by atoms with Crippen LogP contribution < -0.4 is 5.56 Å². The summed E-state index contributed by atoms with van der Waals surface area (Å²) in [6, 6.07) is 1.13. The lowest BCUT2D eigenvalue weighted by Gasteiger charge is -2.22. The van der Waals surface area contributed by atoms with Crippen molar-refractivity contribution in [2.45, 2.75) is 20.4 Å². The molecule has 104 valence electrons. The third kappa shape index (κ3) is 3.40. The molecule has 1 aromatic rings. The zero-order chi connectivity index (χ0) is 14.8. The highest BCUT2D eigenvalue weighted by molar-refractivity contribution is 9.10. The van der Waals surface area contributed by atoms with E-state index in [1.165, 1.54) is 7.11 Å². The van der Waals surface area contributed by atoms with Gasteiger partial charge in [0.05, 0.1) is 28.1 Å². The van der Waals surface area contributed by atoms with E-state index in [-0.39, 0.29) is 16.7 Å². The van der Waals surface area contributed by atoms with Crippen LogP contribution in [-0.2, 0) is 16.1 Å². The molecule has 0 atom stereocenters. The van der Waals surface area contributed by atoms with Crippen LogP contribution in [0.15, 0.2) is 21.5 Å². The molecule has 8 heteroatoms. The fourth-order valence-corrected chi connectivity index (χ4v) is 2.03. The normalized spacial score (nSPS) is 11.2. The van der Waals surface area contributed by atoms with Crippen LogP contribution in [0.1, 0.15) is 13.8 Å². The molecule has 1 rings (SSSR count). The highest BCUT2D eigenvalue weighted by Crippen LogP contribution is 2.21. The van der Waals surface area contributed by atoms with E-state index in [0.29, 0.717) is 0 Å². The minimum absolute atomic E-state index is 0.0151. The number of methoxy groups -OCH3 is 1. The molecule has 0 spiro atoms. The minimum atomic E-state index is -0.965. The van der Waals surface area contributed by atoms with Crippen molar-refractivity contribution in [3.05, 3.63) is 37.2 Å². The van der Waals surface area contributed by atoms with Gasteiger partial charge in [0.1, 0.15) is 0 Å². The first-order valence-corrected chi connectivity index (χ1v) is 6.11. The topological polar surface area (TPSA) is 91.4 Å². The molecule has 1 heterocycles. The predicted molar refractivity (Wildman–Crippen MR) is 70.9 cm³/mol. The second-order valence-electron chi connectivity index (χ2n) is 4.61. The summed E-state index contributed by atoms with van der Waals surface area (Å²) in [6.07, 6.45) is 1.11. The van der Waals surface area contributed by atoms with Gasteiger partial charge in [-0.25, -0.2) is 0 Å². The van der Waals surface area contributed by atoms with Gasteiger partial charge in [-0.15, -0.1) is 0 Å². The summed E-state index contributed by atoms with van der Waals surface area (Å²) >= 11 is 2.97. The maximum absolute atomic E-state index is 11.9. The van der Waals surface area contributed by atoms with Crippen LogP contribution in [-0.4, -0.2) is 22.6 Å². The van der Waals surface area contributed by atoms with Crippen LogP contribution in [0.5, 0.6) is 0 Å². The van der Waals surface area contributed by atoms with E-state index >= 15 is 0 Å². The van der Waals surface area contributed by atoms with Gasteiger partial charge in [-0.1, -0.05) is 0 Å². The van der Waals surface area contributed by atoms with Crippen molar-refractivity contribution in [2.24, 2.45) is 5.41 Å². The van der Waals surface area contributed by atoms with E-state index in [0.717, 1.165) is 16.8 Å². The van der Waals surface area contributed by atoms with Crippen LogP contribution in [0, 0.1) is 15.5 Å². The molecular weight excluding hydrogens is 320 g/mol. The van der Waals surface area contributed by atoms with Crippen LogP contribution >= 0.6 is 15.9 Å². The van der Waals surface area contributed by atoms with Gasteiger partial charge in [0.2, 0.25) is 0 Å². The van der Waals surface area contributed by atoms with E-state index in [1.807, 2.05) is 0 Å². The summed E-state index contributed by atoms with van der Waals surface area (Å²) in [6.45, 7) is 3.18. The number of carbonyl (C=O) groups is 1. The van der Waals surface area contributed by atoms with Crippen molar-refractivity contribution in [3.63, 3.8) is 0 Å². The third-order valence-corrected chi connectivity index (χ3v) is 3.11. The number of halogens is 1. The summed E-state index contributed by atoms with van der Waals surface area (Å²) in [5.74, 6) is -0.498. The molecule has 0 amide bonds. The molecule has 0 saturated carbocycles. The van der Waals surface area contributed by atoms with Gasteiger partial charge < -0.3 is 9.30 Å². The average molecular weight is 333 g/mol. The molecule has 0 fully saturated rings. The molecule has 0 N–H and O–H groups in total. The van der Waals surface area contributed by atoms with Gasteiger partial charge in [0.25, 0.3) is 11.2 Å². The quantitative estimate of drug-likeness (QED) is 0.475. The van der Waals surface area contributed by atoms with Crippen LogP contribution in [0.4, 0.5) is 5.69 Å². The fourth-order valence-electron chi connectivity index (χ4n) is 1.57. The maximum Gasteiger partial charge on any atom is 0.313 e. The molecule has 0 aliphatic carbocycles. The molecule has 0 unspecified atom stereocenters. The van der Waals surface area contributed by atoms with Crippen LogP contribution in [0.25, 0.3) is 0 Å². The number of nitrogens with zero attached hydrogens (tertiary/aromatic N) is 2. The Balaban J connectivity index is 3.25. The second kappa shape index (κ2) is 5.52. The number of esters is 1. The molecule has 0 aliphatic heterocycles. The third-order valence-electron chi connectivity index (χ3n) is 2.54. The number of hydrogen-bond donors (Lipinski definition) is 0. The molecule has 0 aliphatic rings. The van der Waals surface area contributed by atoms with Crippen molar-refractivity contribution < 1.29 is 14.5 Å². The van der Waals surface area contributed by atoms with Gasteiger partial charge in [-0.2, -0.15) is 0 Å². The van der Waals surface area contributed by atoms with Gasteiger partial charge in [-0.3, -0.25) is 19.7 Å².